The molecule has 0 atom stereocenters. The van der Waals surface area contributed by atoms with Crippen molar-refractivity contribution >= 4 is 22.2 Å². The van der Waals surface area contributed by atoms with E-state index in [1.54, 1.807) is 42.3 Å². The number of aromatic nitrogens is 3. The number of fused-ring (bicyclic) bond motifs is 1. The molecule has 0 radical (unpaired) electrons. The number of benzene rings is 2. The Kier molecular flexibility index (Phi) is 6.73. The van der Waals surface area contributed by atoms with Crippen molar-refractivity contribution in [2.24, 2.45) is 0 Å². The molecular formula is C25H25N5O4S. The second-order valence-corrected chi connectivity index (χ2v) is 9.13. The highest BCUT2D eigenvalue weighted by molar-refractivity contribution is 7.19. The van der Waals surface area contributed by atoms with Gasteiger partial charge in [-0.2, -0.15) is 9.61 Å². The first kappa shape index (κ1) is 23.0. The van der Waals surface area contributed by atoms with Gasteiger partial charge in [-0.1, -0.05) is 41.7 Å². The van der Waals surface area contributed by atoms with Crippen LogP contribution in [-0.2, 0) is 11.3 Å². The van der Waals surface area contributed by atoms with E-state index in [4.69, 9.17) is 9.47 Å². The maximum atomic E-state index is 12.6. The molecule has 4 aromatic rings. The zero-order valence-corrected chi connectivity index (χ0v) is 20.1. The number of nitrogens with zero attached hydrogens (tertiary/aromatic N) is 5. The standard InChI is InChI=1S/C25H25N5O4S/c1-33-20-7-9-21(10-8-20)34-17-23(32)29-13-11-28(12-14-29)16-19-15-22(31)30-25(26-19)35-24(27-30)18-5-3-2-4-6-18/h2-10,15H,11-14,16-17H2,1H3. The average Bonchev–Trinajstić information content (AvgIpc) is 3.33. The average molecular weight is 492 g/mol. The Morgan fingerprint density at radius 3 is 2.43 bits per heavy atom. The van der Waals surface area contributed by atoms with E-state index in [0.29, 0.717) is 49.1 Å². The fourth-order valence-corrected chi connectivity index (χ4v) is 4.86. The summed E-state index contributed by atoms with van der Waals surface area (Å²) in [4.78, 5) is 34.5. The number of ether oxygens (including phenoxy) is 2. The summed E-state index contributed by atoms with van der Waals surface area (Å²) >= 11 is 1.40. The first-order valence-electron chi connectivity index (χ1n) is 11.3. The lowest BCUT2D eigenvalue weighted by Gasteiger charge is -2.34. The van der Waals surface area contributed by atoms with Crippen molar-refractivity contribution in [3.63, 3.8) is 0 Å². The fraction of sp³-hybridized carbons (Fsp3) is 0.280. The van der Waals surface area contributed by atoms with Gasteiger partial charge in [0.05, 0.1) is 12.8 Å². The molecule has 5 rings (SSSR count). The molecule has 1 aliphatic heterocycles. The third-order valence-electron chi connectivity index (χ3n) is 5.85. The van der Waals surface area contributed by atoms with Gasteiger partial charge in [-0.15, -0.1) is 0 Å². The van der Waals surface area contributed by atoms with Crippen molar-refractivity contribution in [1.29, 1.82) is 0 Å². The minimum atomic E-state index is -0.187. The maximum absolute atomic E-state index is 12.6. The monoisotopic (exact) mass is 491 g/mol. The molecule has 0 N–H and O–H groups in total. The summed E-state index contributed by atoms with van der Waals surface area (Å²) in [5.41, 5.74) is 1.48. The first-order valence-corrected chi connectivity index (χ1v) is 12.1. The van der Waals surface area contributed by atoms with Crippen LogP contribution in [0.1, 0.15) is 5.69 Å². The van der Waals surface area contributed by atoms with Crippen LogP contribution in [0.3, 0.4) is 0 Å². The van der Waals surface area contributed by atoms with Crippen molar-refractivity contribution in [2.45, 2.75) is 6.54 Å². The van der Waals surface area contributed by atoms with E-state index < -0.39 is 0 Å². The number of carbonyl (C=O) groups excluding carboxylic acids is 1. The number of rotatable bonds is 7. The van der Waals surface area contributed by atoms with Crippen LogP contribution in [0.15, 0.2) is 65.5 Å². The normalized spacial score (nSPS) is 14.3. The summed E-state index contributed by atoms with van der Waals surface area (Å²) in [6, 6.07) is 18.5. The summed E-state index contributed by atoms with van der Waals surface area (Å²) in [5, 5.41) is 5.19. The van der Waals surface area contributed by atoms with Gasteiger partial charge in [0, 0.05) is 44.4 Å². The van der Waals surface area contributed by atoms with Gasteiger partial charge >= 0.3 is 0 Å². The molecule has 9 nitrogen and oxygen atoms in total. The molecule has 2 aromatic carbocycles. The molecule has 3 heterocycles. The predicted octanol–water partition coefficient (Wildman–Crippen LogP) is 2.55. The molecule has 180 valence electrons. The fourth-order valence-electron chi connectivity index (χ4n) is 3.93. The largest absolute Gasteiger partial charge is 0.497 e. The quantitative estimate of drug-likeness (QED) is 0.393. The van der Waals surface area contributed by atoms with E-state index in [1.165, 1.54) is 15.9 Å². The Morgan fingerprint density at radius 1 is 1.00 bits per heavy atom. The second kappa shape index (κ2) is 10.2. The number of hydrogen-bond acceptors (Lipinski definition) is 8. The second-order valence-electron chi connectivity index (χ2n) is 8.17. The van der Waals surface area contributed by atoms with Crippen LogP contribution in [-0.4, -0.2) is 70.2 Å². The van der Waals surface area contributed by atoms with Gasteiger partial charge in [-0.05, 0) is 24.3 Å². The molecule has 0 bridgehead atoms. The summed E-state index contributed by atoms with van der Waals surface area (Å²) in [6.45, 7) is 3.15. The lowest BCUT2D eigenvalue weighted by Crippen LogP contribution is -2.49. The molecule has 0 spiro atoms. The van der Waals surface area contributed by atoms with Crippen LogP contribution in [0.5, 0.6) is 11.5 Å². The smallest absolute Gasteiger partial charge is 0.275 e. The van der Waals surface area contributed by atoms with Crippen LogP contribution in [0, 0.1) is 0 Å². The third kappa shape index (κ3) is 5.33. The summed E-state index contributed by atoms with van der Waals surface area (Å²) < 4.78 is 12.1. The lowest BCUT2D eigenvalue weighted by atomic mass is 10.2. The first-order chi connectivity index (χ1) is 17.1. The maximum Gasteiger partial charge on any atom is 0.275 e. The van der Waals surface area contributed by atoms with Gasteiger partial charge in [0.1, 0.15) is 16.5 Å². The van der Waals surface area contributed by atoms with E-state index in [-0.39, 0.29) is 18.1 Å². The highest BCUT2D eigenvalue weighted by atomic mass is 32.1. The molecule has 1 aliphatic rings. The van der Waals surface area contributed by atoms with Gasteiger partial charge in [0.25, 0.3) is 11.5 Å². The molecule has 1 amide bonds. The SMILES string of the molecule is COc1ccc(OCC(=O)N2CCN(Cc3cc(=O)n4nc(-c5ccccc5)sc4n3)CC2)cc1. The Balaban J connectivity index is 1.16. The third-order valence-corrected chi connectivity index (χ3v) is 6.81. The number of hydrogen-bond donors (Lipinski definition) is 0. The zero-order chi connectivity index (χ0) is 24.2. The van der Waals surface area contributed by atoms with Gasteiger partial charge in [-0.25, -0.2) is 4.98 Å². The van der Waals surface area contributed by atoms with E-state index in [0.717, 1.165) is 16.3 Å². The van der Waals surface area contributed by atoms with Gasteiger partial charge in [0.15, 0.2) is 6.61 Å². The van der Waals surface area contributed by atoms with Crippen molar-refractivity contribution in [3.05, 3.63) is 76.7 Å². The minimum absolute atomic E-state index is 0.00353. The molecule has 1 saturated heterocycles. The van der Waals surface area contributed by atoms with E-state index in [2.05, 4.69) is 15.0 Å². The molecular weight excluding hydrogens is 466 g/mol. The molecule has 10 heteroatoms. The number of piperazine rings is 1. The Morgan fingerprint density at radius 2 is 1.71 bits per heavy atom. The molecule has 0 aliphatic carbocycles. The van der Waals surface area contributed by atoms with Crippen molar-refractivity contribution in [2.75, 3.05) is 39.9 Å². The zero-order valence-electron chi connectivity index (χ0n) is 19.3. The summed E-state index contributed by atoms with van der Waals surface area (Å²) in [7, 11) is 1.60. The van der Waals surface area contributed by atoms with Crippen molar-refractivity contribution < 1.29 is 14.3 Å². The number of carbonyl (C=O) groups is 1. The Hall–Kier alpha value is -3.76. The van der Waals surface area contributed by atoms with Crippen LogP contribution in [0.2, 0.25) is 0 Å². The van der Waals surface area contributed by atoms with Crippen LogP contribution >= 0.6 is 11.3 Å². The Bertz CT molecular complexity index is 1360. The van der Waals surface area contributed by atoms with E-state index in [1.807, 2.05) is 30.3 Å². The van der Waals surface area contributed by atoms with Gasteiger partial charge in [0.2, 0.25) is 4.96 Å². The molecule has 1 fully saturated rings. The lowest BCUT2D eigenvalue weighted by molar-refractivity contribution is -0.135. The minimum Gasteiger partial charge on any atom is -0.497 e. The van der Waals surface area contributed by atoms with Gasteiger partial charge in [-0.3, -0.25) is 14.5 Å². The van der Waals surface area contributed by atoms with Gasteiger partial charge < -0.3 is 14.4 Å². The van der Waals surface area contributed by atoms with Crippen LogP contribution < -0.4 is 15.0 Å². The summed E-state index contributed by atoms with van der Waals surface area (Å²) in [6.07, 6.45) is 0. The van der Waals surface area contributed by atoms with E-state index >= 15 is 0 Å². The topological polar surface area (TPSA) is 89.3 Å². The Labute approximate surface area is 206 Å². The predicted molar refractivity (Wildman–Crippen MR) is 133 cm³/mol. The molecule has 2 aromatic heterocycles. The number of methoxy groups -OCH3 is 1. The van der Waals surface area contributed by atoms with Crippen molar-refractivity contribution in [3.8, 4) is 22.1 Å². The molecule has 0 saturated carbocycles. The highest BCUT2D eigenvalue weighted by Gasteiger charge is 2.22. The van der Waals surface area contributed by atoms with E-state index in [9.17, 15) is 9.59 Å². The van der Waals surface area contributed by atoms with Crippen molar-refractivity contribution in [1.82, 2.24) is 24.4 Å². The molecule has 35 heavy (non-hydrogen) atoms. The van der Waals surface area contributed by atoms with Crippen LogP contribution in [0.25, 0.3) is 15.5 Å². The molecule has 0 unspecified atom stereocenters. The highest BCUT2D eigenvalue weighted by Crippen LogP contribution is 2.24. The van der Waals surface area contributed by atoms with Crippen LogP contribution in [0.4, 0.5) is 0 Å². The number of amides is 1. The summed E-state index contributed by atoms with van der Waals surface area (Å²) in [5.74, 6) is 1.32.